The lowest BCUT2D eigenvalue weighted by molar-refractivity contribution is -0.211. The van der Waals surface area contributed by atoms with Gasteiger partial charge in [0, 0.05) is 22.4 Å². The van der Waals surface area contributed by atoms with Gasteiger partial charge in [-0.25, -0.2) is 0 Å². The van der Waals surface area contributed by atoms with Gasteiger partial charge in [-0.15, -0.1) is 0 Å². The molecule has 8 heteroatoms. The quantitative estimate of drug-likeness (QED) is 0.379. The molecule has 0 aromatic heterocycles. The molecule has 6 nitrogen and oxygen atoms in total. The Kier molecular flexibility index (Phi) is 9.13. The van der Waals surface area contributed by atoms with Crippen molar-refractivity contribution in [3.8, 4) is 0 Å². The lowest BCUT2D eigenvalue weighted by Crippen LogP contribution is -2.60. The molecule has 2 aromatic rings. The molecule has 0 radical (unpaired) electrons. The summed E-state index contributed by atoms with van der Waals surface area (Å²) in [5.74, 6) is -0.379. The van der Waals surface area contributed by atoms with Crippen molar-refractivity contribution in [2.45, 2.75) is 90.0 Å². The molecule has 6 atom stereocenters. The number of halogens is 2. The summed E-state index contributed by atoms with van der Waals surface area (Å²) < 4.78 is 5.95. The number of benzene rings is 2. The fourth-order valence-corrected chi connectivity index (χ4v) is 5.70. The molecular formula is C28H38Cl2N2O4. The minimum Gasteiger partial charge on any atom is -0.379 e. The fourth-order valence-electron chi connectivity index (χ4n) is 5.37. The maximum atomic E-state index is 14.3. The maximum absolute atomic E-state index is 14.3. The Morgan fingerprint density at radius 3 is 2.28 bits per heavy atom. The van der Waals surface area contributed by atoms with Crippen molar-refractivity contribution in [1.82, 2.24) is 4.90 Å². The zero-order valence-electron chi connectivity index (χ0n) is 21.6. The zero-order chi connectivity index (χ0) is 26.8. The van der Waals surface area contributed by atoms with Crippen LogP contribution < -0.4 is 5.73 Å². The average molecular weight is 538 g/mol. The Balaban J connectivity index is 2.24. The van der Waals surface area contributed by atoms with Crippen molar-refractivity contribution in [3.05, 3.63) is 69.7 Å². The molecule has 0 bridgehead atoms. The van der Waals surface area contributed by atoms with Crippen LogP contribution in [0, 0.1) is 5.41 Å². The van der Waals surface area contributed by atoms with Crippen LogP contribution >= 0.6 is 23.2 Å². The Labute approximate surface area is 224 Å². The molecule has 1 aliphatic rings. The lowest BCUT2D eigenvalue weighted by atomic mass is 9.66. The first-order valence-electron chi connectivity index (χ1n) is 12.4. The minimum atomic E-state index is -1.22. The van der Waals surface area contributed by atoms with Gasteiger partial charge in [0.2, 0.25) is 5.91 Å². The second kappa shape index (κ2) is 11.4. The summed E-state index contributed by atoms with van der Waals surface area (Å²) in [7, 11) is 0. The molecule has 0 saturated carbocycles. The van der Waals surface area contributed by atoms with Gasteiger partial charge in [0.1, 0.15) is 6.23 Å². The Bertz CT molecular complexity index is 1040. The van der Waals surface area contributed by atoms with Crippen molar-refractivity contribution in [2.75, 3.05) is 0 Å². The number of carbonyl (C=O) groups is 1. The van der Waals surface area contributed by atoms with Gasteiger partial charge in [-0.1, -0.05) is 61.3 Å². The highest BCUT2D eigenvalue weighted by atomic mass is 35.5. The van der Waals surface area contributed by atoms with Crippen LogP contribution in [0.4, 0.5) is 0 Å². The fraction of sp³-hybridized carbons (Fsp3) is 0.536. The number of rotatable bonds is 8. The third-order valence-corrected chi connectivity index (χ3v) is 7.32. The third kappa shape index (κ3) is 6.60. The van der Waals surface area contributed by atoms with Crippen LogP contribution in [0.15, 0.2) is 48.5 Å². The Morgan fingerprint density at radius 2 is 1.75 bits per heavy atom. The van der Waals surface area contributed by atoms with E-state index in [1.165, 1.54) is 0 Å². The number of piperidine rings is 1. The summed E-state index contributed by atoms with van der Waals surface area (Å²) in [6.45, 7) is 9.34. The molecule has 36 heavy (non-hydrogen) atoms. The van der Waals surface area contributed by atoms with E-state index in [2.05, 4.69) is 0 Å². The first kappa shape index (κ1) is 28.9. The van der Waals surface area contributed by atoms with Crippen LogP contribution in [-0.4, -0.2) is 45.2 Å². The predicted octanol–water partition coefficient (Wildman–Crippen LogP) is 5.64. The molecule has 1 saturated heterocycles. The molecule has 0 spiro atoms. The molecule has 1 fully saturated rings. The number of hydrogen-bond donors (Lipinski definition) is 3. The summed E-state index contributed by atoms with van der Waals surface area (Å²) in [5, 5.41) is 22.6. The van der Waals surface area contributed by atoms with Gasteiger partial charge < -0.3 is 25.6 Å². The molecule has 0 aliphatic carbocycles. The second-order valence-corrected chi connectivity index (χ2v) is 11.9. The summed E-state index contributed by atoms with van der Waals surface area (Å²) in [5.41, 5.74) is 6.06. The molecule has 1 aliphatic heterocycles. The monoisotopic (exact) mass is 536 g/mol. The summed E-state index contributed by atoms with van der Waals surface area (Å²) in [6, 6.07) is 14.0. The van der Waals surface area contributed by atoms with Gasteiger partial charge in [-0.3, -0.25) is 4.79 Å². The second-order valence-electron chi connectivity index (χ2n) is 11.0. The Hall–Kier alpha value is -1.67. The van der Waals surface area contributed by atoms with Crippen LogP contribution in [0.2, 0.25) is 10.0 Å². The van der Waals surface area contributed by atoms with Gasteiger partial charge in [0.05, 0.1) is 23.1 Å². The van der Waals surface area contributed by atoms with E-state index in [1.54, 1.807) is 17.0 Å². The molecule has 3 rings (SSSR count). The number of aliphatic hydroxyl groups excluding tert-OH is 2. The molecule has 198 valence electrons. The van der Waals surface area contributed by atoms with Gasteiger partial charge in [0.25, 0.3) is 0 Å². The van der Waals surface area contributed by atoms with E-state index >= 15 is 0 Å². The van der Waals surface area contributed by atoms with Crippen molar-refractivity contribution in [1.29, 1.82) is 0 Å². The number of likely N-dealkylation sites (tertiary alicyclic amines) is 1. The highest BCUT2D eigenvalue weighted by Crippen LogP contribution is 2.52. The number of nitrogens with zero attached hydrogens (tertiary/aromatic N) is 1. The number of ether oxygens (including phenoxy) is 1. The van der Waals surface area contributed by atoms with Crippen LogP contribution in [0.1, 0.15) is 77.0 Å². The highest BCUT2D eigenvalue weighted by molar-refractivity contribution is 6.30. The van der Waals surface area contributed by atoms with E-state index in [9.17, 15) is 15.0 Å². The first-order valence-corrected chi connectivity index (χ1v) is 13.1. The van der Waals surface area contributed by atoms with Gasteiger partial charge in [-0.05, 0) is 69.0 Å². The molecule has 1 amide bonds. The van der Waals surface area contributed by atoms with E-state index < -0.39 is 35.6 Å². The van der Waals surface area contributed by atoms with E-state index in [1.807, 2.05) is 71.0 Å². The topological polar surface area (TPSA) is 96.0 Å². The largest absolute Gasteiger partial charge is 0.379 e. The van der Waals surface area contributed by atoms with Gasteiger partial charge >= 0.3 is 0 Å². The average Bonchev–Trinajstić information content (AvgIpc) is 2.76. The summed E-state index contributed by atoms with van der Waals surface area (Å²) in [6.07, 6.45) is -1.41. The van der Waals surface area contributed by atoms with Crippen molar-refractivity contribution in [3.63, 3.8) is 0 Å². The summed E-state index contributed by atoms with van der Waals surface area (Å²) in [4.78, 5) is 16.0. The van der Waals surface area contributed by atoms with Crippen LogP contribution in [0.5, 0.6) is 0 Å². The van der Waals surface area contributed by atoms with E-state index in [4.69, 9.17) is 33.7 Å². The minimum absolute atomic E-state index is 0.0827. The predicted molar refractivity (Wildman–Crippen MR) is 144 cm³/mol. The van der Waals surface area contributed by atoms with Crippen LogP contribution in [-0.2, 0) is 9.53 Å². The summed E-state index contributed by atoms with van der Waals surface area (Å²) >= 11 is 12.6. The highest BCUT2D eigenvalue weighted by Gasteiger charge is 2.53. The molecular weight excluding hydrogens is 499 g/mol. The third-order valence-electron chi connectivity index (χ3n) is 6.83. The molecule has 4 unspecified atom stereocenters. The van der Waals surface area contributed by atoms with E-state index in [-0.39, 0.29) is 18.2 Å². The number of hydrogen-bond acceptors (Lipinski definition) is 5. The Morgan fingerprint density at radius 1 is 1.11 bits per heavy atom. The number of amides is 1. The zero-order valence-corrected chi connectivity index (χ0v) is 23.1. The van der Waals surface area contributed by atoms with Crippen molar-refractivity contribution in [2.24, 2.45) is 11.1 Å². The number of nitrogens with two attached hydrogens (primary N) is 1. The molecule has 1 heterocycles. The SMILES string of the molecule is CCC(C(O)OC(C)(C)C)N1C(=O)[C@@](C)(CC(N)O)C[C@@H](c2cccc(Cl)c2)C1c1ccc(Cl)cc1. The molecule has 2 aromatic carbocycles. The van der Waals surface area contributed by atoms with Crippen LogP contribution in [0.3, 0.4) is 0 Å². The van der Waals surface area contributed by atoms with E-state index in [0.717, 1.165) is 11.1 Å². The first-order chi connectivity index (χ1) is 16.8. The van der Waals surface area contributed by atoms with Gasteiger partial charge in [-0.2, -0.15) is 0 Å². The van der Waals surface area contributed by atoms with Crippen LogP contribution in [0.25, 0.3) is 0 Å². The molecule has 4 N–H and O–H groups in total. The van der Waals surface area contributed by atoms with Crippen molar-refractivity contribution < 1.29 is 19.7 Å². The standard InChI is InChI=1S/C28H38Cl2N2O4/c1-6-22(25(34)36-27(2,3)4)32-24(17-10-12-19(29)13-11-17)21(18-8-7-9-20(30)14-18)15-28(5,26(32)35)16-23(31)33/h7-14,21-25,33-34H,6,15-16,31H2,1-5H3/t21-,22?,23?,24?,25?,28+/m0/s1. The normalized spacial score (nSPS) is 25.5. The van der Waals surface area contributed by atoms with Gasteiger partial charge in [0.15, 0.2) is 6.29 Å². The number of aliphatic hydroxyl groups is 2. The maximum Gasteiger partial charge on any atom is 0.229 e. The van der Waals surface area contributed by atoms with Crippen molar-refractivity contribution >= 4 is 29.1 Å². The number of carbonyl (C=O) groups excluding carboxylic acids is 1. The smallest absolute Gasteiger partial charge is 0.229 e. The lowest BCUT2D eigenvalue weighted by Gasteiger charge is -2.53. The van der Waals surface area contributed by atoms with E-state index in [0.29, 0.717) is 22.9 Å².